The Morgan fingerprint density at radius 1 is 1.05 bits per heavy atom. The highest BCUT2D eigenvalue weighted by molar-refractivity contribution is 5.77. The summed E-state index contributed by atoms with van der Waals surface area (Å²) in [6.45, 7) is 3.70. The van der Waals surface area contributed by atoms with Gasteiger partial charge in [0.2, 0.25) is 11.8 Å². The Kier molecular flexibility index (Phi) is 6.71. The third kappa shape index (κ3) is 4.47. The summed E-state index contributed by atoms with van der Waals surface area (Å²) in [6.07, 6.45) is 10.5. The summed E-state index contributed by atoms with van der Waals surface area (Å²) in [5, 5.41) is 0. The van der Waals surface area contributed by atoms with E-state index in [1.165, 1.54) is 38.5 Å². The van der Waals surface area contributed by atoms with Gasteiger partial charge in [0.1, 0.15) is 0 Å². The number of carbonyl (C=O) groups is 2. The first-order chi connectivity index (χ1) is 10.6. The zero-order valence-corrected chi connectivity index (χ0v) is 14.4. The molecular weight excluding hydrogens is 276 g/mol. The lowest BCUT2D eigenvalue weighted by Gasteiger charge is -2.44. The summed E-state index contributed by atoms with van der Waals surface area (Å²) in [5.41, 5.74) is 0. The summed E-state index contributed by atoms with van der Waals surface area (Å²) < 4.78 is 0. The highest BCUT2D eigenvalue weighted by Gasteiger charge is 2.35. The Morgan fingerprint density at radius 3 is 2.50 bits per heavy atom. The van der Waals surface area contributed by atoms with Crippen LogP contribution in [0.15, 0.2) is 0 Å². The summed E-state index contributed by atoms with van der Waals surface area (Å²) in [4.78, 5) is 28.2. The number of hydrogen-bond donors (Lipinski definition) is 0. The minimum Gasteiger partial charge on any atom is -0.346 e. The van der Waals surface area contributed by atoms with Crippen molar-refractivity contribution >= 4 is 11.8 Å². The van der Waals surface area contributed by atoms with E-state index in [4.69, 9.17) is 0 Å². The maximum absolute atomic E-state index is 12.5. The molecule has 2 fully saturated rings. The molecule has 126 valence electrons. The maximum atomic E-state index is 12.5. The van der Waals surface area contributed by atoms with Crippen molar-refractivity contribution in [3.05, 3.63) is 0 Å². The van der Waals surface area contributed by atoms with E-state index < -0.39 is 0 Å². The van der Waals surface area contributed by atoms with Crippen molar-refractivity contribution in [1.82, 2.24) is 9.80 Å². The second-order valence-corrected chi connectivity index (χ2v) is 6.96. The molecule has 4 nitrogen and oxygen atoms in total. The van der Waals surface area contributed by atoms with Crippen LogP contribution < -0.4 is 0 Å². The Hall–Kier alpha value is -1.06. The SMILES string of the molecule is CCN(C)C(=O)CCCCC(=O)N1CCCC2CCCCC21. The lowest BCUT2D eigenvalue weighted by atomic mass is 9.78. The van der Waals surface area contributed by atoms with Crippen LogP contribution in [0.5, 0.6) is 0 Å². The van der Waals surface area contributed by atoms with Crippen molar-refractivity contribution < 1.29 is 9.59 Å². The van der Waals surface area contributed by atoms with Crippen molar-refractivity contribution in [2.75, 3.05) is 20.1 Å². The molecule has 22 heavy (non-hydrogen) atoms. The molecule has 2 amide bonds. The molecule has 0 radical (unpaired) electrons. The normalized spacial score (nSPS) is 24.7. The highest BCUT2D eigenvalue weighted by Crippen LogP contribution is 2.35. The number of hydrogen-bond acceptors (Lipinski definition) is 2. The van der Waals surface area contributed by atoms with E-state index in [-0.39, 0.29) is 5.91 Å². The van der Waals surface area contributed by atoms with E-state index >= 15 is 0 Å². The third-order valence-electron chi connectivity index (χ3n) is 5.49. The highest BCUT2D eigenvalue weighted by atomic mass is 16.2. The average molecular weight is 308 g/mol. The van der Waals surface area contributed by atoms with Gasteiger partial charge in [-0.1, -0.05) is 12.8 Å². The second kappa shape index (κ2) is 8.54. The first kappa shape index (κ1) is 17.3. The molecule has 2 rings (SSSR count). The maximum Gasteiger partial charge on any atom is 0.222 e. The van der Waals surface area contributed by atoms with Crippen LogP contribution >= 0.6 is 0 Å². The van der Waals surface area contributed by atoms with Crippen LogP contribution in [0.25, 0.3) is 0 Å². The van der Waals surface area contributed by atoms with Gasteiger partial charge in [-0.15, -0.1) is 0 Å². The van der Waals surface area contributed by atoms with Gasteiger partial charge in [-0.05, 0) is 51.4 Å². The molecule has 0 spiro atoms. The van der Waals surface area contributed by atoms with Gasteiger partial charge in [-0.25, -0.2) is 0 Å². The van der Waals surface area contributed by atoms with Crippen LogP contribution in [0.3, 0.4) is 0 Å². The van der Waals surface area contributed by atoms with Crippen molar-refractivity contribution in [1.29, 1.82) is 0 Å². The minimum atomic E-state index is 0.195. The van der Waals surface area contributed by atoms with E-state index in [1.807, 2.05) is 14.0 Å². The quantitative estimate of drug-likeness (QED) is 0.707. The van der Waals surface area contributed by atoms with Gasteiger partial charge in [-0.2, -0.15) is 0 Å². The van der Waals surface area contributed by atoms with Crippen LogP contribution in [0.4, 0.5) is 0 Å². The summed E-state index contributed by atoms with van der Waals surface area (Å²) in [6, 6.07) is 0.517. The van der Waals surface area contributed by atoms with E-state index in [0.29, 0.717) is 24.8 Å². The van der Waals surface area contributed by atoms with Crippen LogP contribution in [0.1, 0.15) is 71.1 Å². The molecule has 2 aliphatic rings. The Morgan fingerprint density at radius 2 is 1.73 bits per heavy atom. The summed E-state index contributed by atoms with van der Waals surface area (Å²) in [7, 11) is 1.84. The van der Waals surface area contributed by atoms with Crippen LogP contribution in [-0.4, -0.2) is 47.8 Å². The standard InChI is InChI=1S/C18H32N2O2/c1-3-19(2)17(21)12-6-7-13-18(22)20-14-8-10-15-9-4-5-11-16(15)20/h15-16H,3-14H2,1-2H3. The van der Waals surface area contributed by atoms with Crippen LogP contribution in [0, 0.1) is 5.92 Å². The Balaban J connectivity index is 1.71. The molecule has 2 unspecified atom stereocenters. The molecule has 0 aromatic rings. The predicted octanol–water partition coefficient (Wildman–Crippen LogP) is 3.21. The van der Waals surface area contributed by atoms with Crippen molar-refractivity contribution in [3.63, 3.8) is 0 Å². The molecule has 1 saturated heterocycles. The van der Waals surface area contributed by atoms with Crippen molar-refractivity contribution in [2.45, 2.75) is 77.2 Å². The number of carbonyl (C=O) groups excluding carboxylic acids is 2. The number of rotatable bonds is 6. The first-order valence-corrected chi connectivity index (χ1v) is 9.17. The zero-order valence-electron chi connectivity index (χ0n) is 14.4. The molecule has 0 bridgehead atoms. The lowest BCUT2D eigenvalue weighted by Crippen LogP contribution is -2.49. The lowest BCUT2D eigenvalue weighted by molar-refractivity contribution is -0.138. The van der Waals surface area contributed by atoms with Crippen LogP contribution in [-0.2, 0) is 9.59 Å². The molecule has 4 heteroatoms. The van der Waals surface area contributed by atoms with E-state index in [0.717, 1.165) is 31.8 Å². The average Bonchev–Trinajstić information content (AvgIpc) is 2.56. The van der Waals surface area contributed by atoms with Crippen molar-refractivity contribution in [3.8, 4) is 0 Å². The molecule has 1 aliphatic heterocycles. The van der Waals surface area contributed by atoms with Gasteiger partial charge in [0, 0.05) is 39.0 Å². The number of likely N-dealkylation sites (tertiary alicyclic amines) is 1. The molecule has 1 aliphatic carbocycles. The number of piperidine rings is 1. The number of fused-ring (bicyclic) bond motifs is 1. The van der Waals surface area contributed by atoms with Gasteiger partial charge in [-0.3, -0.25) is 9.59 Å². The van der Waals surface area contributed by atoms with Crippen LogP contribution in [0.2, 0.25) is 0 Å². The molecule has 1 saturated carbocycles. The van der Waals surface area contributed by atoms with Gasteiger partial charge in [0.05, 0.1) is 0 Å². The van der Waals surface area contributed by atoms with E-state index in [1.54, 1.807) is 4.90 Å². The predicted molar refractivity (Wildman–Crippen MR) is 88.5 cm³/mol. The second-order valence-electron chi connectivity index (χ2n) is 6.96. The fraction of sp³-hybridized carbons (Fsp3) is 0.889. The molecule has 0 N–H and O–H groups in total. The molecule has 0 aromatic heterocycles. The fourth-order valence-electron chi connectivity index (χ4n) is 4.00. The van der Waals surface area contributed by atoms with E-state index in [9.17, 15) is 9.59 Å². The first-order valence-electron chi connectivity index (χ1n) is 9.17. The molecular formula is C18H32N2O2. The van der Waals surface area contributed by atoms with Gasteiger partial charge in [0.25, 0.3) is 0 Å². The Labute approximate surface area is 135 Å². The molecule has 0 aromatic carbocycles. The molecule has 2 atom stereocenters. The van der Waals surface area contributed by atoms with Gasteiger partial charge in [0.15, 0.2) is 0 Å². The minimum absolute atomic E-state index is 0.195. The third-order valence-corrected chi connectivity index (χ3v) is 5.49. The Bertz CT molecular complexity index is 381. The van der Waals surface area contributed by atoms with Gasteiger partial charge < -0.3 is 9.80 Å². The zero-order chi connectivity index (χ0) is 15.9. The molecule has 1 heterocycles. The van der Waals surface area contributed by atoms with Crippen molar-refractivity contribution in [2.24, 2.45) is 5.92 Å². The largest absolute Gasteiger partial charge is 0.346 e. The fourth-order valence-corrected chi connectivity index (χ4v) is 4.00. The topological polar surface area (TPSA) is 40.6 Å². The number of amides is 2. The smallest absolute Gasteiger partial charge is 0.222 e. The monoisotopic (exact) mass is 308 g/mol. The van der Waals surface area contributed by atoms with E-state index in [2.05, 4.69) is 4.90 Å². The summed E-state index contributed by atoms with van der Waals surface area (Å²) >= 11 is 0. The number of nitrogens with zero attached hydrogens (tertiary/aromatic N) is 2. The van der Waals surface area contributed by atoms with Gasteiger partial charge >= 0.3 is 0 Å². The summed E-state index contributed by atoms with van der Waals surface area (Å²) in [5.74, 6) is 1.28. The number of unbranched alkanes of at least 4 members (excludes halogenated alkanes) is 1.